The number of nitrogens with one attached hydrogen (secondary N) is 1. The monoisotopic (exact) mass is 198 g/mol. The minimum atomic E-state index is 0.271. The molecule has 0 aliphatic carbocycles. The molecule has 0 aliphatic heterocycles. The molecule has 0 radical (unpaired) electrons. The van der Waals surface area contributed by atoms with Crippen molar-refractivity contribution in [2.75, 3.05) is 13.2 Å². The zero-order valence-corrected chi connectivity index (χ0v) is 8.61. The van der Waals surface area contributed by atoms with E-state index in [2.05, 4.69) is 15.4 Å². The Labute approximate surface area is 84.2 Å². The Morgan fingerprint density at radius 2 is 2.36 bits per heavy atom. The summed E-state index contributed by atoms with van der Waals surface area (Å²) in [6.07, 6.45) is 3.43. The highest BCUT2D eigenvalue weighted by Crippen LogP contribution is 1.93. The zero-order chi connectivity index (χ0) is 10.2. The zero-order valence-electron chi connectivity index (χ0n) is 8.61. The van der Waals surface area contributed by atoms with Crippen LogP contribution in [0.25, 0.3) is 0 Å². The van der Waals surface area contributed by atoms with Gasteiger partial charge in [0.1, 0.15) is 12.2 Å². The van der Waals surface area contributed by atoms with Gasteiger partial charge in [0.15, 0.2) is 0 Å². The van der Waals surface area contributed by atoms with Crippen molar-refractivity contribution in [3.05, 3.63) is 12.2 Å². The number of aryl methyl sites for hydroxylation is 1. The van der Waals surface area contributed by atoms with Crippen LogP contribution in [0.15, 0.2) is 6.33 Å². The Bertz CT molecular complexity index is 249. The number of nitrogens with zero attached hydrogens (tertiary/aromatic N) is 3. The molecule has 5 heteroatoms. The van der Waals surface area contributed by atoms with Crippen LogP contribution in [0, 0.1) is 0 Å². The molecule has 1 aromatic heterocycles. The molecule has 0 saturated carbocycles. The van der Waals surface area contributed by atoms with E-state index in [-0.39, 0.29) is 6.61 Å². The van der Waals surface area contributed by atoms with Gasteiger partial charge in [0.05, 0.1) is 6.54 Å². The van der Waals surface area contributed by atoms with Crippen molar-refractivity contribution < 1.29 is 5.11 Å². The third-order valence-electron chi connectivity index (χ3n) is 2.04. The average Bonchev–Trinajstić information content (AvgIpc) is 2.65. The summed E-state index contributed by atoms with van der Waals surface area (Å²) in [4.78, 5) is 4.14. The summed E-state index contributed by atoms with van der Waals surface area (Å²) >= 11 is 0. The summed E-state index contributed by atoms with van der Waals surface area (Å²) < 4.78 is 1.87. The highest BCUT2D eigenvalue weighted by Gasteiger charge is 2.00. The lowest BCUT2D eigenvalue weighted by Crippen LogP contribution is -2.18. The molecule has 0 fully saturated rings. The van der Waals surface area contributed by atoms with Gasteiger partial charge in [-0.1, -0.05) is 0 Å². The molecular weight excluding hydrogens is 180 g/mol. The quantitative estimate of drug-likeness (QED) is 0.613. The number of aliphatic hydroxyl groups excluding tert-OH is 1. The normalized spacial score (nSPS) is 10.7. The van der Waals surface area contributed by atoms with E-state index in [0.29, 0.717) is 0 Å². The lowest BCUT2D eigenvalue weighted by Gasteiger charge is -2.04. The summed E-state index contributed by atoms with van der Waals surface area (Å²) in [5, 5.41) is 15.9. The van der Waals surface area contributed by atoms with E-state index in [1.54, 1.807) is 6.33 Å². The first-order valence-corrected chi connectivity index (χ1v) is 5.06. The fourth-order valence-corrected chi connectivity index (χ4v) is 1.25. The first-order chi connectivity index (χ1) is 6.88. The van der Waals surface area contributed by atoms with Crippen molar-refractivity contribution in [2.45, 2.75) is 32.9 Å². The van der Waals surface area contributed by atoms with Crippen molar-refractivity contribution in [3.63, 3.8) is 0 Å². The van der Waals surface area contributed by atoms with Gasteiger partial charge in [0, 0.05) is 13.2 Å². The van der Waals surface area contributed by atoms with E-state index in [1.165, 1.54) is 0 Å². The summed E-state index contributed by atoms with van der Waals surface area (Å²) in [7, 11) is 0. The fraction of sp³-hybridized carbons (Fsp3) is 0.778. The Balaban J connectivity index is 2.17. The smallest absolute Gasteiger partial charge is 0.140 e. The minimum Gasteiger partial charge on any atom is -0.396 e. The van der Waals surface area contributed by atoms with Crippen LogP contribution >= 0.6 is 0 Å². The maximum Gasteiger partial charge on any atom is 0.140 e. The number of aliphatic hydroxyl groups is 1. The Kier molecular flexibility index (Phi) is 5.17. The Hall–Kier alpha value is -0.940. The van der Waals surface area contributed by atoms with Crippen LogP contribution in [0.3, 0.4) is 0 Å². The maximum atomic E-state index is 8.58. The van der Waals surface area contributed by atoms with Crippen molar-refractivity contribution in [2.24, 2.45) is 0 Å². The second kappa shape index (κ2) is 6.50. The van der Waals surface area contributed by atoms with E-state index in [0.717, 1.165) is 38.3 Å². The fourth-order valence-electron chi connectivity index (χ4n) is 1.25. The molecule has 0 atom stereocenters. The van der Waals surface area contributed by atoms with Gasteiger partial charge in [0.25, 0.3) is 0 Å². The van der Waals surface area contributed by atoms with Crippen molar-refractivity contribution in [1.82, 2.24) is 20.1 Å². The van der Waals surface area contributed by atoms with Gasteiger partial charge in [-0.3, -0.25) is 0 Å². The third kappa shape index (κ3) is 3.43. The SMILES string of the molecule is CCn1ncnc1CNCCCCO. The van der Waals surface area contributed by atoms with Gasteiger partial charge >= 0.3 is 0 Å². The van der Waals surface area contributed by atoms with Crippen LogP contribution in [-0.4, -0.2) is 33.0 Å². The number of hydrogen-bond acceptors (Lipinski definition) is 4. The van der Waals surface area contributed by atoms with Crippen molar-refractivity contribution in [1.29, 1.82) is 0 Å². The predicted octanol–water partition coefficient (Wildman–Crippen LogP) is 0.160. The number of aromatic nitrogens is 3. The second-order valence-corrected chi connectivity index (χ2v) is 3.10. The van der Waals surface area contributed by atoms with Crippen LogP contribution in [0.4, 0.5) is 0 Å². The molecule has 1 aromatic rings. The minimum absolute atomic E-state index is 0.271. The lowest BCUT2D eigenvalue weighted by atomic mass is 10.3. The molecule has 0 aliphatic rings. The first kappa shape index (κ1) is 11.1. The summed E-state index contributed by atoms with van der Waals surface area (Å²) in [5.41, 5.74) is 0. The topological polar surface area (TPSA) is 63.0 Å². The van der Waals surface area contributed by atoms with Crippen molar-refractivity contribution >= 4 is 0 Å². The molecule has 1 rings (SSSR count). The first-order valence-electron chi connectivity index (χ1n) is 5.06. The standard InChI is InChI=1S/C9H18N4O/c1-2-13-9(11-8-12-13)7-10-5-3-4-6-14/h8,10,14H,2-7H2,1H3. The van der Waals surface area contributed by atoms with E-state index in [1.807, 2.05) is 11.6 Å². The molecule has 0 bridgehead atoms. The molecule has 1 heterocycles. The second-order valence-electron chi connectivity index (χ2n) is 3.10. The molecule has 0 spiro atoms. The molecule has 14 heavy (non-hydrogen) atoms. The largest absolute Gasteiger partial charge is 0.396 e. The van der Waals surface area contributed by atoms with Crippen LogP contribution < -0.4 is 5.32 Å². The predicted molar refractivity (Wildman–Crippen MR) is 53.7 cm³/mol. The Morgan fingerprint density at radius 3 is 3.07 bits per heavy atom. The average molecular weight is 198 g/mol. The summed E-state index contributed by atoms with van der Waals surface area (Å²) in [6.45, 7) is 4.83. The van der Waals surface area contributed by atoms with Gasteiger partial charge in [-0.2, -0.15) is 5.10 Å². The van der Waals surface area contributed by atoms with Gasteiger partial charge in [-0.05, 0) is 26.3 Å². The maximum absolute atomic E-state index is 8.58. The van der Waals surface area contributed by atoms with Crippen LogP contribution in [0.5, 0.6) is 0 Å². The molecule has 0 unspecified atom stereocenters. The van der Waals surface area contributed by atoms with E-state index in [4.69, 9.17) is 5.11 Å². The van der Waals surface area contributed by atoms with Crippen molar-refractivity contribution in [3.8, 4) is 0 Å². The third-order valence-corrected chi connectivity index (χ3v) is 2.04. The molecule has 0 amide bonds. The highest BCUT2D eigenvalue weighted by atomic mass is 16.2. The molecular formula is C9H18N4O. The van der Waals surface area contributed by atoms with Gasteiger partial charge < -0.3 is 10.4 Å². The summed E-state index contributed by atoms with van der Waals surface area (Å²) in [6, 6.07) is 0. The van der Waals surface area contributed by atoms with Crippen LogP contribution in [0.1, 0.15) is 25.6 Å². The molecule has 2 N–H and O–H groups in total. The van der Waals surface area contributed by atoms with Gasteiger partial charge in [-0.25, -0.2) is 9.67 Å². The molecule has 5 nitrogen and oxygen atoms in total. The Morgan fingerprint density at radius 1 is 1.50 bits per heavy atom. The van der Waals surface area contributed by atoms with Gasteiger partial charge in [0.2, 0.25) is 0 Å². The van der Waals surface area contributed by atoms with E-state index in [9.17, 15) is 0 Å². The highest BCUT2D eigenvalue weighted by molar-refractivity contribution is 4.83. The summed E-state index contributed by atoms with van der Waals surface area (Å²) in [5.74, 6) is 0.969. The number of unbranched alkanes of at least 4 members (excludes halogenated alkanes) is 1. The van der Waals surface area contributed by atoms with Gasteiger partial charge in [-0.15, -0.1) is 0 Å². The number of rotatable bonds is 7. The molecule has 80 valence electrons. The van der Waals surface area contributed by atoms with Crippen LogP contribution in [-0.2, 0) is 13.1 Å². The van der Waals surface area contributed by atoms with Crippen LogP contribution in [0.2, 0.25) is 0 Å². The lowest BCUT2D eigenvalue weighted by molar-refractivity contribution is 0.283. The number of hydrogen-bond donors (Lipinski definition) is 2. The van der Waals surface area contributed by atoms with E-state index >= 15 is 0 Å². The molecule has 0 aromatic carbocycles. The van der Waals surface area contributed by atoms with E-state index < -0.39 is 0 Å². The molecule has 0 saturated heterocycles.